The fourth-order valence-electron chi connectivity index (χ4n) is 0.294. The zero-order valence-corrected chi connectivity index (χ0v) is 8.11. The summed E-state index contributed by atoms with van der Waals surface area (Å²) in [5.74, 6) is 0. The molecule has 0 radical (unpaired) electrons. The van der Waals surface area contributed by atoms with Crippen LogP contribution >= 0.6 is 38.8 Å². The minimum atomic E-state index is -4.81. The second-order valence-corrected chi connectivity index (χ2v) is 5.23. The second kappa shape index (κ2) is 3.97. The van der Waals surface area contributed by atoms with Gasteiger partial charge in [-0.05, 0) is 4.57 Å². The third-order valence-corrected chi connectivity index (χ3v) is 4.19. The Morgan fingerprint density at radius 3 is 1.73 bits per heavy atom. The van der Waals surface area contributed by atoms with Crippen LogP contribution in [0.4, 0.5) is 0 Å². The first-order chi connectivity index (χ1) is 4.76. The number of hydrogen-bond acceptors (Lipinski definition) is 2. The van der Waals surface area contributed by atoms with Gasteiger partial charge in [-0.2, -0.15) is 4.89 Å². The van der Waals surface area contributed by atoms with Crippen molar-refractivity contribution in [1.29, 1.82) is 0 Å². The average molecular weight is 240 g/mol. The molecule has 0 saturated heterocycles. The SMILES string of the molecule is O=[P+](O)C(=C(Cl)Cl)P(=O)(O)O. The van der Waals surface area contributed by atoms with Gasteiger partial charge in [0.15, 0.2) is 4.49 Å². The van der Waals surface area contributed by atoms with E-state index < -0.39 is 25.2 Å². The maximum atomic E-state index is 10.3. The Balaban J connectivity index is 5.14. The number of halogens is 2. The third-order valence-electron chi connectivity index (χ3n) is 0.626. The molecule has 3 N–H and O–H groups in total. The largest absolute Gasteiger partial charge is 0.557 e. The third kappa shape index (κ3) is 3.63. The van der Waals surface area contributed by atoms with Crippen LogP contribution in [-0.4, -0.2) is 14.7 Å². The maximum absolute atomic E-state index is 10.3. The van der Waals surface area contributed by atoms with E-state index in [1.54, 1.807) is 0 Å². The Morgan fingerprint density at radius 1 is 1.36 bits per heavy atom. The predicted molar refractivity (Wildman–Crippen MR) is 40.6 cm³/mol. The standard InChI is InChI=1S/C2H2Cl2O5P2/c3-1(4)2(10(5)6)11(7,8)9/h(H2-,5,6,7,8,9)/p+1. The van der Waals surface area contributed by atoms with E-state index in [1.165, 1.54) is 0 Å². The topological polar surface area (TPSA) is 94.8 Å². The molecule has 0 amide bonds. The minimum Gasteiger partial charge on any atom is -0.318 e. The van der Waals surface area contributed by atoms with Crippen molar-refractivity contribution in [2.75, 3.05) is 0 Å². The molecule has 0 aliphatic carbocycles. The fraction of sp³-hybridized carbons (Fsp3) is 0. The predicted octanol–water partition coefficient (Wildman–Crippen LogP) is 1.50. The van der Waals surface area contributed by atoms with Crippen molar-refractivity contribution in [3.8, 4) is 0 Å². The Labute approximate surface area is 72.7 Å². The molecule has 1 atom stereocenters. The summed E-state index contributed by atoms with van der Waals surface area (Å²) in [7, 11) is -7.99. The van der Waals surface area contributed by atoms with E-state index in [2.05, 4.69) is 0 Å². The normalized spacial score (nSPS) is 12.6. The average Bonchev–Trinajstić information content (AvgIpc) is 1.54. The fourth-order valence-corrected chi connectivity index (χ4v) is 2.64. The molecule has 1 unspecified atom stereocenters. The van der Waals surface area contributed by atoms with Crippen molar-refractivity contribution in [1.82, 2.24) is 0 Å². The van der Waals surface area contributed by atoms with Crippen LogP contribution in [0.1, 0.15) is 0 Å². The van der Waals surface area contributed by atoms with E-state index in [9.17, 15) is 9.13 Å². The van der Waals surface area contributed by atoms with Gasteiger partial charge in [-0.25, -0.2) is 0 Å². The van der Waals surface area contributed by atoms with Crippen LogP contribution in [0.2, 0.25) is 0 Å². The van der Waals surface area contributed by atoms with Gasteiger partial charge in [0.2, 0.25) is 0 Å². The van der Waals surface area contributed by atoms with Crippen LogP contribution in [0, 0.1) is 0 Å². The minimum absolute atomic E-state index is 0.873. The monoisotopic (exact) mass is 239 g/mol. The van der Waals surface area contributed by atoms with E-state index in [0.29, 0.717) is 0 Å². The van der Waals surface area contributed by atoms with Crippen molar-refractivity contribution in [2.45, 2.75) is 0 Å². The molecule has 11 heavy (non-hydrogen) atoms. The van der Waals surface area contributed by atoms with Crippen LogP contribution in [0.3, 0.4) is 0 Å². The lowest BCUT2D eigenvalue weighted by molar-refractivity contribution is 0.383. The van der Waals surface area contributed by atoms with Crippen LogP contribution < -0.4 is 0 Å². The van der Waals surface area contributed by atoms with Gasteiger partial charge in [-0.1, -0.05) is 23.2 Å². The molecule has 0 fully saturated rings. The number of rotatable bonds is 2. The van der Waals surface area contributed by atoms with Crippen LogP contribution in [-0.2, 0) is 9.13 Å². The lowest BCUT2D eigenvalue weighted by Gasteiger charge is -1.94. The highest BCUT2D eigenvalue weighted by molar-refractivity contribution is 7.72. The lowest BCUT2D eigenvalue weighted by atomic mass is 11.2. The first-order valence-electron chi connectivity index (χ1n) is 2.04. The Hall–Kier alpha value is 0.530. The summed E-state index contributed by atoms with van der Waals surface area (Å²) >= 11 is 9.86. The molecule has 0 saturated carbocycles. The Kier molecular flexibility index (Phi) is 4.16. The molecule has 64 valence electrons. The molecule has 0 aromatic heterocycles. The molecule has 0 aromatic carbocycles. The van der Waals surface area contributed by atoms with Gasteiger partial charge in [-0.3, -0.25) is 4.57 Å². The smallest absolute Gasteiger partial charge is 0.318 e. The summed E-state index contributed by atoms with van der Waals surface area (Å²) in [5.41, 5.74) is 0. The highest BCUT2D eigenvalue weighted by Crippen LogP contribution is 2.58. The van der Waals surface area contributed by atoms with E-state index in [-0.39, 0.29) is 0 Å². The van der Waals surface area contributed by atoms with Gasteiger partial charge in [0, 0.05) is 0 Å². The molecular weight excluding hydrogens is 237 g/mol. The molecule has 0 spiro atoms. The Bertz CT molecular complexity index is 249. The molecule has 0 aliphatic rings. The van der Waals surface area contributed by atoms with Gasteiger partial charge in [0.05, 0.1) is 0 Å². The molecule has 0 heterocycles. The summed E-state index contributed by atoms with van der Waals surface area (Å²) < 4.78 is 19.7. The van der Waals surface area contributed by atoms with E-state index in [1.807, 2.05) is 0 Å². The number of hydrogen-bond donors (Lipinski definition) is 3. The first-order valence-corrected chi connectivity index (χ1v) is 5.62. The summed E-state index contributed by atoms with van der Waals surface area (Å²) in [6, 6.07) is 0. The second-order valence-electron chi connectivity index (χ2n) is 1.40. The highest BCUT2D eigenvalue weighted by atomic mass is 35.5. The maximum Gasteiger partial charge on any atom is 0.557 e. The van der Waals surface area contributed by atoms with Crippen molar-refractivity contribution in [3.05, 3.63) is 9.55 Å². The van der Waals surface area contributed by atoms with Gasteiger partial charge in [-0.15, -0.1) is 0 Å². The molecule has 0 bridgehead atoms. The molecule has 0 rings (SSSR count). The molecule has 0 aliphatic heterocycles. The zero-order chi connectivity index (χ0) is 9.23. The molecule has 0 aromatic rings. The van der Waals surface area contributed by atoms with Crippen LogP contribution in [0.15, 0.2) is 9.55 Å². The zero-order valence-electron chi connectivity index (χ0n) is 4.81. The van der Waals surface area contributed by atoms with Crippen molar-refractivity contribution in [3.63, 3.8) is 0 Å². The van der Waals surface area contributed by atoms with Crippen LogP contribution in [0.5, 0.6) is 0 Å². The van der Waals surface area contributed by atoms with Crippen molar-refractivity contribution >= 4 is 38.8 Å². The van der Waals surface area contributed by atoms with Gasteiger partial charge in [0.1, 0.15) is 0 Å². The van der Waals surface area contributed by atoms with Gasteiger partial charge >= 0.3 is 20.7 Å². The van der Waals surface area contributed by atoms with Crippen LogP contribution in [0.25, 0.3) is 0 Å². The molecular formula is C2H3Cl2O5P2+. The van der Waals surface area contributed by atoms with Crippen molar-refractivity contribution < 1.29 is 23.8 Å². The van der Waals surface area contributed by atoms with E-state index >= 15 is 0 Å². The van der Waals surface area contributed by atoms with Gasteiger partial charge < -0.3 is 9.79 Å². The summed E-state index contributed by atoms with van der Waals surface area (Å²) in [6.07, 6.45) is 0. The first kappa shape index (κ1) is 11.5. The van der Waals surface area contributed by atoms with E-state index in [0.717, 1.165) is 0 Å². The van der Waals surface area contributed by atoms with E-state index in [4.69, 9.17) is 37.9 Å². The highest BCUT2D eigenvalue weighted by Gasteiger charge is 2.41. The molecule has 5 nitrogen and oxygen atoms in total. The summed E-state index contributed by atoms with van der Waals surface area (Å²) in [6.45, 7) is 0. The lowest BCUT2D eigenvalue weighted by Crippen LogP contribution is -1.81. The molecule has 9 heteroatoms. The van der Waals surface area contributed by atoms with Gasteiger partial charge in [0.25, 0.3) is 0 Å². The van der Waals surface area contributed by atoms with Crippen molar-refractivity contribution in [2.24, 2.45) is 0 Å². The summed E-state index contributed by atoms with van der Waals surface area (Å²) in [5, 5.41) is -1.14. The summed E-state index contributed by atoms with van der Waals surface area (Å²) in [4.78, 5) is 25.0. The quantitative estimate of drug-likeness (QED) is 0.635. The Morgan fingerprint density at radius 2 is 1.73 bits per heavy atom.